The van der Waals surface area contributed by atoms with Crippen molar-refractivity contribution in [2.45, 2.75) is 48.8 Å². The number of amidine groups is 1. The molecular weight excluding hydrogens is 417 g/mol. The lowest BCUT2D eigenvalue weighted by molar-refractivity contribution is -0.121. The molecule has 2 aromatic rings. The molecule has 0 atom stereocenters. The van der Waals surface area contributed by atoms with E-state index < -0.39 is 10.0 Å². The Bertz CT molecular complexity index is 1090. The minimum atomic E-state index is -3.58. The van der Waals surface area contributed by atoms with Gasteiger partial charge in [-0.15, -0.1) is 0 Å². The van der Waals surface area contributed by atoms with Crippen molar-refractivity contribution in [2.24, 2.45) is 4.99 Å². The van der Waals surface area contributed by atoms with E-state index in [1.807, 2.05) is 12.1 Å². The van der Waals surface area contributed by atoms with E-state index in [0.29, 0.717) is 12.1 Å². The van der Waals surface area contributed by atoms with Gasteiger partial charge in [0, 0.05) is 23.9 Å². The number of amides is 1. The maximum Gasteiger partial charge on any atom is 0.263 e. The van der Waals surface area contributed by atoms with Crippen LogP contribution >= 0.6 is 0 Å². The third-order valence-electron chi connectivity index (χ3n) is 6.16. The molecule has 1 fully saturated rings. The summed E-state index contributed by atoms with van der Waals surface area (Å²) in [4.78, 5) is 17.0. The molecule has 1 amide bonds. The SMILES string of the molecule is O=C(CCN=C1NS(=O)(=O)c2ccccc21)NCC1(c2ccc(F)cc2)CCCCC1. The Morgan fingerprint density at radius 3 is 2.52 bits per heavy atom. The zero-order valence-corrected chi connectivity index (χ0v) is 18.1. The van der Waals surface area contributed by atoms with E-state index >= 15 is 0 Å². The van der Waals surface area contributed by atoms with Crippen LogP contribution in [0.4, 0.5) is 4.39 Å². The average molecular weight is 444 g/mol. The van der Waals surface area contributed by atoms with Crippen LogP contribution in [0.1, 0.15) is 49.7 Å². The summed E-state index contributed by atoms with van der Waals surface area (Å²) in [6, 6.07) is 13.2. The van der Waals surface area contributed by atoms with E-state index in [1.165, 1.54) is 24.6 Å². The number of nitrogens with zero attached hydrogens (tertiary/aromatic N) is 1. The Morgan fingerprint density at radius 2 is 1.77 bits per heavy atom. The van der Waals surface area contributed by atoms with Gasteiger partial charge in [-0.25, -0.2) is 12.8 Å². The number of nitrogens with one attached hydrogen (secondary N) is 2. The van der Waals surface area contributed by atoms with E-state index in [0.717, 1.165) is 31.2 Å². The maximum absolute atomic E-state index is 13.4. The number of hydrogen-bond acceptors (Lipinski definition) is 4. The quantitative estimate of drug-likeness (QED) is 0.718. The molecule has 2 aromatic carbocycles. The average Bonchev–Trinajstić information content (AvgIpc) is 3.04. The van der Waals surface area contributed by atoms with Gasteiger partial charge in [-0.2, -0.15) is 0 Å². The molecule has 2 N–H and O–H groups in total. The van der Waals surface area contributed by atoms with Crippen LogP contribution in [0.25, 0.3) is 0 Å². The Morgan fingerprint density at radius 1 is 1.06 bits per heavy atom. The summed E-state index contributed by atoms with van der Waals surface area (Å²) in [5.74, 6) is -0.119. The van der Waals surface area contributed by atoms with Crippen molar-refractivity contribution in [1.82, 2.24) is 10.0 Å². The van der Waals surface area contributed by atoms with Gasteiger partial charge in [0.15, 0.2) is 0 Å². The zero-order chi connectivity index (χ0) is 21.9. The number of hydrogen-bond donors (Lipinski definition) is 2. The van der Waals surface area contributed by atoms with Crippen LogP contribution in [-0.4, -0.2) is 33.3 Å². The summed E-state index contributed by atoms with van der Waals surface area (Å²) in [5, 5.41) is 3.03. The van der Waals surface area contributed by atoms with Gasteiger partial charge >= 0.3 is 0 Å². The topological polar surface area (TPSA) is 87.6 Å². The number of benzene rings is 2. The standard InChI is InChI=1S/C23H26FN3O3S/c24-18-10-8-17(9-11-18)23(13-4-1-5-14-23)16-26-21(28)12-15-25-22-19-6-2-3-7-20(19)31(29,30)27-22/h2-3,6-11H,1,4-5,12-16H2,(H,25,27)(H,26,28). The Balaban J connectivity index is 1.38. The molecule has 0 unspecified atom stereocenters. The van der Waals surface area contributed by atoms with Crippen LogP contribution in [0.5, 0.6) is 0 Å². The van der Waals surface area contributed by atoms with Crippen LogP contribution in [0.15, 0.2) is 58.4 Å². The highest BCUT2D eigenvalue weighted by molar-refractivity contribution is 7.90. The largest absolute Gasteiger partial charge is 0.355 e. The van der Waals surface area contributed by atoms with Crippen molar-refractivity contribution in [2.75, 3.05) is 13.1 Å². The minimum absolute atomic E-state index is 0.134. The van der Waals surface area contributed by atoms with Gasteiger partial charge < -0.3 is 5.32 Å². The third-order valence-corrected chi connectivity index (χ3v) is 7.56. The molecule has 2 aliphatic rings. The summed E-state index contributed by atoms with van der Waals surface area (Å²) in [7, 11) is -3.58. The van der Waals surface area contributed by atoms with Crippen LogP contribution in [0, 0.1) is 5.82 Å². The fourth-order valence-electron chi connectivity index (χ4n) is 4.48. The number of aliphatic imine (C=N–C) groups is 1. The first-order valence-electron chi connectivity index (χ1n) is 10.6. The fourth-order valence-corrected chi connectivity index (χ4v) is 5.73. The summed E-state index contributed by atoms with van der Waals surface area (Å²) in [5.41, 5.74) is 1.42. The molecule has 31 heavy (non-hydrogen) atoms. The van der Waals surface area contributed by atoms with Gasteiger partial charge in [0.05, 0.1) is 11.4 Å². The van der Waals surface area contributed by atoms with Crippen LogP contribution in [0.3, 0.4) is 0 Å². The third kappa shape index (κ3) is 4.63. The fraction of sp³-hybridized carbons (Fsp3) is 0.391. The predicted octanol–water partition coefficient (Wildman–Crippen LogP) is 3.27. The Labute approximate surface area is 182 Å². The molecule has 0 bridgehead atoms. The molecule has 6 nitrogen and oxygen atoms in total. The van der Waals surface area contributed by atoms with E-state index in [2.05, 4.69) is 15.0 Å². The lowest BCUT2D eigenvalue weighted by atomic mass is 9.69. The normalized spacial score (nSPS) is 20.1. The number of sulfonamides is 1. The van der Waals surface area contributed by atoms with Gasteiger partial charge in [0.2, 0.25) is 5.91 Å². The van der Waals surface area contributed by atoms with Crippen molar-refractivity contribution >= 4 is 21.8 Å². The van der Waals surface area contributed by atoms with Gasteiger partial charge in [0.1, 0.15) is 11.7 Å². The minimum Gasteiger partial charge on any atom is -0.355 e. The van der Waals surface area contributed by atoms with E-state index in [4.69, 9.17) is 0 Å². The van der Waals surface area contributed by atoms with Crippen molar-refractivity contribution in [3.05, 3.63) is 65.5 Å². The molecule has 164 valence electrons. The second-order valence-electron chi connectivity index (χ2n) is 8.21. The van der Waals surface area contributed by atoms with Gasteiger partial charge in [-0.1, -0.05) is 43.5 Å². The highest BCUT2D eigenvalue weighted by Crippen LogP contribution is 2.39. The lowest BCUT2D eigenvalue weighted by Crippen LogP contribution is -2.42. The molecule has 1 heterocycles. The number of halogens is 1. The monoisotopic (exact) mass is 443 g/mol. The molecule has 1 saturated carbocycles. The Kier molecular flexibility index (Phi) is 6.09. The van der Waals surface area contributed by atoms with Crippen molar-refractivity contribution in [3.8, 4) is 0 Å². The lowest BCUT2D eigenvalue weighted by Gasteiger charge is -2.38. The molecule has 4 rings (SSSR count). The second kappa shape index (κ2) is 8.78. The number of fused-ring (bicyclic) bond motifs is 1. The molecule has 0 aromatic heterocycles. The number of carbonyl (C=O) groups is 1. The van der Waals surface area contributed by atoms with Gasteiger partial charge in [-0.3, -0.25) is 14.5 Å². The summed E-state index contributed by atoms with van der Waals surface area (Å²) in [6.07, 6.45) is 5.42. The summed E-state index contributed by atoms with van der Waals surface area (Å²) >= 11 is 0. The zero-order valence-electron chi connectivity index (χ0n) is 17.2. The molecule has 1 aliphatic heterocycles. The predicted molar refractivity (Wildman–Crippen MR) is 117 cm³/mol. The van der Waals surface area contributed by atoms with Gasteiger partial charge in [-0.05, 0) is 42.7 Å². The van der Waals surface area contributed by atoms with Crippen LogP contribution in [0.2, 0.25) is 0 Å². The molecule has 8 heteroatoms. The number of rotatable bonds is 6. The number of carbonyl (C=O) groups excluding carboxylic acids is 1. The first-order chi connectivity index (χ1) is 14.9. The van der Waals surface area contributed by atoms with Crippen molar-refractivity contribution < 1.29 is 17.6 Å². The van der Waals surface area contributed by atoms with Crippen LogP contribution < -0.4 is 10.0 Å². The van der Waals surface area contributed by atoms with E-state index in [-0.39, 0.29) is 40.8 Å². The van der Waals surface area contributed by atoms with Crippen molar-refractivity contribution in [1.29, 1.82) is 0 Å². The Hall–Kier alpha value is -2.74. The summed E-state index contributed by atoms with van der Waals surface area (Å²) < 4.78 is 40.1. The van der Waals surface area contributed by atoms with E-state index in [1.54, 1.807) is 18.2 Å². The molecular formula is C23H26FN3O3S. The molecule has 0 radical (unpaired) electrons. The molecule has 0 saturated heterocycles. The maximum atomic E-state index is 13.4. The second-order valence-corrected chi connectivity index (χ2v) is 9.86. The summed E-state index contributed by atoms with van der Waals surface area (Å²) in [6.45, 7) is 0.686. The first-order valence-corrected chi connectivity index (χ1v) is 12.1. The van der Waals surface area contributed by atoms with Crippen LogP contribution in [-0.2, 0) is 20.2 Å². The first kappa shape index (κ1) is 21.5. The highest BCUT2D eigenvalue weighted by atomic mass is 32.2. The highest BCUT2D eigenvalue weighted by Gasteiger charge is 2.34. The van der Waals surface area contributed by atoms with Crippen molar-refractivity contribution in [3.63, 3.8) is 0 Å². The van der Waals surface area contributed by atoms with E-state index in [9.17, 15) is 17.6 Å². The molecule has 0 spiro atoms. The molecule has 1 aliphatic carbocycles. The van der Waals surface area contributed by atoms with Gasteiger partial charge in [0.25, 0.3) is 10.0 Å². The smallest absolute Gasteiger partial charge is 0.263 e.